The third-order valence-electron chi connectivity index (χ3n) is 4.21. The fraction of sp³-hybridized carbons (Fsp3) is 0.238. The summed E-state index contributed by atoms with van der Waals surface area (Å²) < 4.78 is 0. The van der Waals surface area contributed by atoms with Crippen LogP contribution in [0.4, 0.5) is 5.69 Å². The van der Waals surface area contributed by atoms with E-state index < -0.39 is 0 Å². The lowest BCUT2D eigenvalue weighted by Gasteiger charge is -2.17. The summed E-state index contributed by atoms with van der Waals surface area (Å²) in [6, 6.07) is 20.6. The van der Waals surface area contributed by atoms with E-state index in [1.807, 2.05) is 30.3 Å². The summed E-state index contributed by atoms with van der Waals surface area (Å²) in [6.07, 6.45) is 2.65. The van der Waals surface area contributed by atoms with Gasteiger partial charge >= 0.3 is 0 Å². The number of nitriles is 1. The molecule has 3 aromatic rings. The van der Waals surface area contributed by atoms with Gasteiger partial charge < -0.3 is 10.2 Å². The van der Waals surface area contributed by atoms with Crippen molar-refractivity contribution in [2.45, 2.75) is 13.0 Å². The average molecular weight is 330 g/mol. The summed E-state index contributed by atoms with van der Waals surface area (Å²) in [5.74, 6) is 0. The second-order valence-corrected chi connectivity index (χ2v) is 6.18. The lowest BCUT2D eigenvalue weighted by Crippen LogP contribution is -2.21. The molecule has 126 valence electrons. The summed E-state index contributed by atoms with van der Waals surface area (Å²) in [5.41, 5.74) is 3.71. The van der Waals surface area contributed by atoms with E-state index in [9.17, 15) is 5.26 Å². The smallest absolute Gasteiger partial charge is 0.103 e. The largest absolute Gasteiger partial charge is 0.383 e. The topological polar surface area (TPSA) is 52.0 Å². The van der Waals surface area contributed by atoms with Gasteiger partial charge in [-0.2, -0.15) is 5.26 Å². The zero-order valence-electron chi connectivity index (χ0n) is 14.4. The number of hydrogen-bond donors (Lipinski definition) is 1. The number of nitrogens with zero attached hydrogens (tertiary/aromatic N) is 3. The van der Waals surface area contributed by atoms with Crippen LogP contribution in [0.2, 0.25) is 0 Å². The molecule has 0 fully saturated rings. The average Bonchev–Trinajstić information content (AvgIpc) is 2.66. The third-order valence-corrected chi connectivity index (χ3v) is 4.21. The molecule has 4 heteroatoms. The van der Waals surface area contributed by atoms with Crippen LogP contribution < -0.4 is 5.32 Å². The zero-order valence-corrected chi connectivity index (χ0v) is 14.4. The molecule has 1 aromatic heterocycles. The molecule has 0 saturated carbocycles. The molecule has 2 aromatic carbocycles. The standard InChI is InChI=1S/C21H22N4/c1-25(16-17-8-3-2-4-9-17)13-7-12-23-21-18(14-22)15-24-20-11-6-5-10-19(20)21/h2-6,8-11,15H,7,12-13,16H2,1H3,(H,23,24). The number of hydrogen-bond acceptors (Lipinski definition) is 4. The minimum atomic E-state index is 0.594. The predicted octanol–water partition coefficient (Wildman–Crippen LogP) is 4.04. The quantitative estimate of drug-likeness (QED) is 0.664. The van der Waals surface area contributed by atoms with Crippen LogP contribution in [0.1, 0.15) is 17.5 Å². The second kappa shape index (κ2) is 8.27. The van der Waals surface area contributed by atoms with Gasteiger partial charge in [-0.05, 0) is 31.6 Å². The Hall–Kier alpha value is -2.90. The van der Waals surface area contributed by atoms with Crippen molar-refractivity contribution in [2.24, 2.45) is 0 Å². The van der Waals surface area contributed by atoms with Gasteiger partial charge in [0, 0.05) is 24.7 Å². The molecule has 0 aliphatic carbocycles. The van der Waals surface area contributed by atoms with E-state index in [0.717, 1.165) is 42.6 Å². The molecule has 0 spiro atoms. The summed E-state index contributed by atoms with van der Waals surface area (Å²) in [5, 5.41) is 13.8. The van der Waals surface area contributed by atoms with Crippen LogP contribution in [-0.4, -0.2) is 30.0 Å². The molecule has 3 rings (SSSR count). The van der Waals surface area contributed by atoms with Gasteiger partial charge in [0.25, 0.3) is 0 Å². The normalized spacial score (nSPS) is 10.8. The Labute approximate surface area is 148 Å². The van der Waals surface area contributed by atoms with Crippen LogP contribution in [-0.2, 0) is 6.54 Å². The van der Waals surface area contributed by atoms with E-state index in [1.165, 1.54) is 5.56 Å². The lowest BCUT2D eigenvalue weighted by atomic mass is 10.1. The van der Waals surface area contributed by atoms with Crippen molar-refractivity contribution in [3.8, 4) is 6.07 Å². The molecule has 1 heterocycles. The minimum absolute atomic E-state index is 0.594. The molecule has 0 atom stereocenters. The van der Waals surface area contributed by atoms with E-state index in [0.29, 0.717) is 5.56 Å². The Morgan fingerprint density at radius 1 is 1.08 bits per heavy atom. The maximum absolute atomic E-state index is 9.35. The van der Waals surface area contributed by atoms with Crippen molar-refractivity contribution < 1.29 is 0 Å². The first-order chi connectivity index (χ1) is 12.3. The molecule has 0 radical (unpaired) electrons. The molecule has 0 aliphatic heterocycles. The van der Waals surface area contributed by atoms with Crippen LogP contribution in [0.25, 0.3) is 10.9 Å². The Bertz CT molecular complexity index is 868. The van der Waals surface area contributed by atoms with Crippen molar-refractivity contribution in [1.29, 1.82) is 5.26 Å². The van der Waals surface area contributed by atoms with Crippen LogP contribution in [0.5, 0.6) is 0 Å². The van der Waals surface area contributed by atoms with Crippen LogP contribution in [0, 0.1) is 11.3 Å². The summed E-state index contributed by atoms with van der Waals surface area (Å²) >= 11 is 0. The Balaban J connectivity index is 1.57. The number of pyridine rings is 1. The molecular weight excluding hydrogens is 308 g/mol. The highest BCUT2D eigenvalue weighted by molar-refractivity contribution is 5.93. The highest BCUT2D eigenvalue weighted by Crippen LogP contribution is 2.25. The number of para-hydroxylation sites is 1. The van der Waals surface area contributed by atoms with E-state index in [1.54, 1.807) is 6.20 Å². The first-order valence-electron chi connectivity index (χ1n) is 8.52. The molecule has 0 unspecified atom stereocenters. The number of benzene rings is 2. The van der Waals surface area contributed by atoms with Crippen molar-refractivity contribution >= 4 is 16.6 Å². The molecule has 0 bridgehead atoms. The van der Waals surface area contributed by atoms with Gasteiger partial charge in [-0.25, -0.2) is 0 Å². The number of nitrogens with one attached hydrogen (secondary N) is 1. The maximum Gasteiger partial charge on any atom is 0.103 e. The highest BCUT2D eigenvalue weighted by atomic mass is 15.1. The van der Waals surface area contributed by atoms with Gasteiger partial charge in [-0.1, -0.05) is 48.5 Å². The molecule has 4 nitrogen and oxygen atoms in total. The van der Waals surface area contributed by atoms with Crippen molar-refractivity contribution in [3.63, 3.8) is 0 Å². The fourth-order valence-electron chi connectivity index (χ4n) is 2.95. The molecule has 0 saturated heterocycles. The van der Waals surface area contributed by atoms with Crippen LogP contribution in [0.3, 0.4) is 0 Å². The van der Waals surface area contributed by atoms with Gasteiger partial charge in [0.2, 0.25) is 0 Å². The Morgan fingerprint density at radius 2 is 1.84 bits per heavy atom. The van der Waals surface area contributed by atoms with Gasteiger partial charge in [0.1, 0.15) is 6.07 Å². The first kappa shape index (κ1) is 16.9. The Morgan fingerprint density at radius 3 is 2.64 bits per heavy atom. The predicted molar refractivity (Wildman–Crippen MR) is 102 cm³/mol. The summed E-state index contributed by atoms with van der Waals surface area (Å²) in [6.45, 7) is 2.76. The second-order valence-electron chi connectivity index (χ2n) is 6.18. The van der Waals surface area contributed by atoms with E-state index in [-0.39, 0.29) is 0 Å². The van der Waals surface area contributed by atoms with E-state index in [4.69, 9.17) is 0 Å². The number of anilines is 1. The highest BCUT2D eigenvalue weighted by Gasteiger charge is 2.08. The fourth-order valence-corrected chi connectivity index (χ4v) is 2.95. The van der Waals surface area contributed by atoms with Crippen molar-refractivity contribution in [3.05, 3.63) is 71.9 Å². The molecule has 25 heavy (non-hydrogen) atoms. The van der Waals surface area contributed by atoms with Crippen molar-refractivity contribution in [2.75, 3.05) is 25.5 Å². The van der Waals surface area contributed by atoms with E-state index >= 15 is 0 Å². The molecule has 1 N–H and O–H groups in total. The summed E-state index contributed by atoms with van der Waals surface area (Å²) in [7, 11) is 2.13. The maximum atomic E-state index is 9.35. The number of aromatic nitrogens is 1. The van der Waals surface area contributed by atoms with Crippen LogP contribution in [0.15, 0.2) is 60.8 Å². The SMILES string of the molecule is CN(CCCNc1c(C#N)cnc2ccccc12)Cc1ccccc1. The van der Waals surface area contributed by atoms with Gasteiger partial charge in [0.05, 0.1) is 16.8 Å². The number of rotatable bonds is 7. The lowest BCUT2D eigenvalue weighted by molar-refractivity contribution is 0.325. The number of fused-ring (bicyclic) bond motifs is 1. The Kier molecular flexibility index (Phi) is 5.61. The summed E-state index contributed by atoms with van der Waals surface area (Å²) in [4.78, 5) is 6.66. The molecule has 0 amide bonds. The van der Waals surface area contributed by atoms with Gasteiger partial charge in [-0.15, -0.1) is 0 Å². The minimum Gasteiger partial charge on any atom is -0.383 e. The van der Waals surface area contributed by atoms with Gasteiger partial charge in [-0.3, -0.25) is 4.98 Å². The van der Waals surface area contributed by atoms with Crippen molar-refractivity contribution in [1.82, 2.24) is 9.88 Å². The van der Waals surface area contributed by atoms with Crippen LogP contribution >= 0.6 is 0 Å². The molecular formula is C21H22N4. The first-order valence-corrected chi connectivity index (χ1v) is 8.52. The van der Waals surface area contributed by atoms with Gasteiger partial charge in [0.15, 0.2) is 0 Å². The zero-order chi connectivity index (χ0) is 17.5. The molecule has 0 aliphatic rings. The monoisotopic (exact) mass is 330 g/mol. The van der Waals surface area contributed by atoms with E-state index in [2.05, 4.69) is 52.6 Å². The third kappa shape index (κ3) is 4.34.